The highest BCUT2D eigenvalue weighted by Crippen LogP contribution is 2.43. The van der Waals surface area contributed by atoms with Gasteiger partial charge in [0.05, 0.1) is 11.7 Å². The van der Waals surface area contributed by atoms with E-state index in [0.717, 1.165) is 17.5 Å². The van der Waals surface area contributed by atoms with Gasteiger partial charge in [-0.25, -0.2) is 4.68 Å². The van der Waals surface area contributed by atoms with E-state index in [9.17, 15) is 21.6 Å². The molecule has 0 aliphatic carbocycles. The number of nitrogens with one attached hydrogen (secondary N) is 1. The van der Waals surface area contributed by atoms with Gasteiger partial charge in [0.25, 0.3) is 10.2 Å². The van der Waals surface area contributed by atoms with Crippen LogP contribution in [0.1, 0.15) is 63.7 Å². The van der Waals surface area contributed by atoms with Crippen LogP contribution in [0.5, 0.6) is 0 Å². The van der Waals surface area contributed by atoms with Gasteiger partial charge < -0.3 is 5.32 Å². The van der Waals surface area contributed by atoms with Gasteiger partial charge >= 0.3 is 6.18 Å². The zero-order valence-corrected chi connectivity index (χ0v) is 17.5. The van der Waals surface area contributed by atoms with Crippen molar-refractivity contribution in [2.24, 2.45) is 5.92 Å². The lowest BCUT2D eigenvalue weighted by atomic mass is 9.94. The van der Waals surface area contributed by atoms with Crippen LogP contribution in [0.2, 0.25) is 0 Å². The molecule has 4 heterocycles. The first-order valence-corrected chi connectivity index (χ1v) is 11.7. The van der Waals surface area contributed by atoms with Gasteiger partial charge in [0.15, 0.2) is 6.04 Å². The minimum atomic E-state index is -4.41. The first kappa shape index (κ1) is 20.9. The zero-order chi connectivity index (χ0) is 21.0. The fraction of sp³-hybridized carbons (Fsp3) is 0.833. The lowest BCUT2D eigenvalue weighted by Crippen LogP contribution is -2.42. The minimum absolute atomic E-state index is 0.0328. The molecule has 2 saturated heterocycles. The van der Waals surface area contributed by atoms with Crippen LogP contribution in [0, 0.1) is 5.92 Å². The van der Waals surface area contributed by atoms with Crippen LogP contribution in [0.3, 0.4) is 0 Å². The number of halogens is 3. The molecule has 0 aromatic carbocycles. The highest BCUT2D eigenvalue weighted by molar-refractivity contribution is 7.86. The number of hydrogen-bond donors (Lipinski definition) is 1. The third kappa shape index (κ3) is 3.76. The molecule has 29 heavy (non-hydrogen) atoms. The predicted octanol–water partition coefficient (Wildman–Crippen LogP) is 3.30. The molecule has 3 aliphatic rings. The number of alkyl halides is 3. The van der Waals surface area contributed by atoms with Crippen LogP contribution in [0.4, 0.5) is 19.0 Å². The molecule has 1 unspecified atom stereocenters. The van der Waals surface area contributed by atoms with Crippen molar-refractivity contribution in [3.63, 3.8) is 0 Å². The minimum Gasteiger partial charge on any atom is -0.367 e. The Morgan fingerprint density at radius 2 is 1.86 bits per heavy atom. The molecule has 0 radical (unpaired) electrons. The second kappa shape index (κ2) is 7.42. The van der Waals surface area contributed by atoms with E-state index in [1.807, 2.05) is 13.8 Å². The van der Waals surface area contributed by atoms with Gasteiger partial charge in [0.2, 0.25) is 0 Å². The van der Waals surface area contributed by atoms with Crippen molar-refractivity contribution in [3.05, 3.63) is 11.8 Å². The molecule has 0 bridgehead atoms. The summed E-state index contributed by atoms with van der Waals surface area (Å²) < 4.78 is 71.1. The molecule has 11 heteroatoms. The van der Waals surface area contributed by atoms with Gasteiger partial charge in [-0.1, -0.05) is 13.8 Å². The highest BCUT2D eigenvalue weighted by Gasteiger charge is 2.48. The van der Waals surface area contributed by atoms with E-state index in [1.165, 1.54) is 8.61 Å². The standard InChI is InChI=1S/C18H28F3N5O2S/c1-12(2)13-10-16(18(19,20)21)26-17(22-13)11-14(23-26)15-6-5-9-25(15)29(27,28)24-7-3-4-8-24/h11-13,15-16,22H,3-10H2,1-2H3/t13-,15?,16+/m0/s1. The predicted molar refractivity (Wildman–Crippen MR) is 103 cm³/mol. The Balaban J connectivity index is 1.66. The molecule has 2 fully saturated rings. The van der Waals surface area contributed by atoms with E-state index in [2.05, 4.69) is 10.4 Å². The normalized spacial score (nSPS) is 29.4. The van der Waals surface area contributed by atoms with Gasteiger partial charge in [-0.15, -0.1) is 0 Å². The summed E-state index contributed by atoms with van der Waals surface area (Å²) in [7, 11) is -3.63. The summed E-state index contributed by atoms with van der Waals surface area (Å²) >= 11 is 0. The number of fused-ring (bicyclic) bond motifs is 1. The molecule has 4 rings (SSSR count). The van der Waals surface area contributed by atoms with Crippen LogP contribution in [0.15, 0.2) is 6.07 Å². The Hall–Kier alpha value is -1.33. The second-order valence-corrected chi connectivity index (χ2v) is 10.5. The molecular weight excluding hydrogens is 407 g/mol. The molecule has 0 spiro atoms. The topological polar surface area (TPSA) is 70.5 Å². The van der Waals surface area contributed by atoms with Gasteiger partial charge in [-0.05, 0) is 38.0 Å². The van der Waals surface area contributed by atoms with Crippen LogP contribution in [-0.2, 0) is 10.2 Å². The van der Waals surface area contributed by atoms with E-state index in [-0.39, 0.29) is 18.4 Å². The molecule has 0 amide bonds. The average molecular weight is 436 g/mol. The molecule has 164 valence electrons. The summed E-state index contributed by atoms with van der Waals surface area (Å²) in [5, 5.41) is 7.45. The van der Waals surface area contributed by atoms with E-state index in [1.54, 1.807) is 6.07 Å². The number of rotatable bonds is 4. The number of anilines is 1. The third-order valence-corrected chi connectivity index (χ3v) is 8.32. The van der Waals surface area contributed by atoms with Crippen LogP contribution in [0.25, 0.3) is 0 Å². The van der Waals surface area contributed by atoms with Crippen molar-refractivity contribution in [1.29, 1.82) is 0 Å². The van der Waals surface area contributed by atoms with Crippen molar-refractivity contribution < 1.29 is 21.6 Å². The summed E-state index contributed by atoms with van der Waals surface area (Å²) in [6.45, 7) is 5.15. The van der Waals surface area contributed by atoms with E-state index in [4.69, 9.17) is 0 Å². The number of aromatic nitrogens is 2. The third-order valence-electron chi connectivity index (χ3n) is 6.28. The Morgan fingerprint density at radius 1 is 1.17 bits per heavy atom. The van der Waals surface area contributed by atoms with Crippen molar-refractivity contribution in [1.82, 2.24) is 18.4 Å². The molecular formula is C18H28F3N5O2S. The molecule has 1 N–H and O–H groups in total. The van der Waals surface area contributed by atoms with Gasteiger partial charge in [0.1, 0.15) is 5.82 Å². The largest absolute Gasteiger partial charge is 0.410 e. The highest BCUT2D eigenvalue weighted by atomic mass is 32.2. The first-order chi connectivity index (χ1) is 13.6. The lowest BCUT2D eigenvalue weighted by Gasteiger charge is -2.35. The molecule has 3 atom stereocenters. The van der Waals surface area contributed by atoms with Crippen LogP contribution >= 0.6 is 0 Å². The van der Waals surface area contributed by atoms with E-state index >= 15 is 0 Å². The molecule has 3 aliphatic heterocycles. The van der Waals surface area contributed by atoms with Crippen molar-refractivity contribution in [2.75, 3.05) is 25.0 Å². The van der Waals surface area contributed by atoms with Gasteiger partial charge in [-0.3, -0.25) is 0 Å². The summed E-state index contributed by atoms with van der Waals surface area (Å²) in [5.41, 5.74) is 0.395. The SMILES string of the molecule is CC(C)[C@@H]1C[C@H](C(F)(F)F)n2nc(C3CCCN3S(=O)(=O)N3CCCC3)cc2N1. The molecule has 1 aromatic heterocycles. The zero-order valence-electron chi connectivity index (χ0n) is 16.7. The van der Waals surface area contributed by atoms with Gasteiger partial charge in [-0.2, -0.15) is 35.3 Å². The maximum atomic E-state index is 13.7. The second-order valence-electron chi connectivity index (χ2n) is 8.57. The maximum absolute atomic E-state index is 13.7. The quantitative estimate of drug-likeness (QED) is 0.788. The molecule has 7 nitrogen and oxygen atoms in total. The summed E-state index contributed by atoms with van der Waals surface area (Å²) in [6, 6.07) is -0.931. The fourth-order valence-corrected chi connectivity index (χ4v) is 6.51. The van der Waals surface area contributed by atoms with Crippen molar-refractivity contribution in [3.8, 4) is 0 Å². The number of hydrogen-bond acceptors (Lipinski definition) is 4. The number of nitrogens with zero attached hydrogens (tertiary/aromatic N) is 4. The monoisotopic (exact) mass is 435 g/mol. The summed E-state index contributed by atoms with van der Waals surface area (Å²) in [5.74, 6) is 0.350. The Bertz CT molecular complexity index is 848. The Morgan fingerprint density at radius 3 is 2.48 bits per heavy atom. The smallest absolute Gasteiger partial charge is 0.367 e. The first-order valence-electron chi connectivity index (χ1n) is 10.3. The van der Waals surface area contributed by atoms with Crippen molar-refractivity contribution >= 4 is 16.0 Å². The van der Waals surface area contributed by atoms with E-state index < -0.39 is 28.5 Å². The average Bonchev–Trinajstić information content (AvgIpc) is 3.38. The maximum Gasteiger partial charge on any atom is 0.410 e. The summed E-state index contributed by atoms with van der Waals surface area (Å²) in [4.78, 5) is 0. The van der Waals surface area contributed by atoms with Crippen LogP contribution < -0.4 is 5.32 Å². The van der Waals surface area contributed by atoms with Crippen molar-refractivity contribution in [2.45, 2.75) is 70.3 Å². The van der Waals surface area contributed by atoms with Gasteiger partial charge in [0, 0.05) is 31.7 Å². The van der Waals surface area contributed by atoms with Crippen LogP contribution in [-0.4, -0.2) is 58.7 Å². The molecule has 1 aromatic rings. The summed E-state index contributed by atoms with van der Waals surface area (Å²) in [6.07, 6.45) is -1.59. The lowest BCUT2D eigenvalue weighted by molar-refractivity contribution is -0.174. The van der Waals surface area contributed by atoms with E-state index in [0.29, 0.717) is 44.0 Å². The molecule has 0 saturated carbocycles. The Kier molecular flexibility index (Phi) is 5.35. The Labute approximate surface area is 169 Å². The fourth-order valence-electron chi connectivity index (χ4n) is 4.60.